The van der Waals surface area contributed by atoms with E-state index in [0.717, 1.165) is 19.0 Å². The van der Waals surface area contributed by atoms with Gasteiger partial charge < -0.3 is 25.0 Å². The molecular formula is C20H35IN4O3. The number of hydrogen-bond acceptors (Lipinski definition) is 4. The molecule has 3 unspecified atom stereocenters. The summed E-state index contributed by atoms with van der Waals surface area (Å²) in [5, 5.41) is 7.20. The van der Waals surface area contributed by atoms with Crippen LogP contribution in [0.2, 0.25) is 0 Å². The minimum atomic E-state index is -0.451. The van der Waals surface area contributed by atoms with Crippen molar-refractivity contribution in [3.8, 4) is 0 Å². The first kappa shape index (κ1) is 21.9. The van der Waals surface area contributed by atoms with E-state index in [0.29, 0.717) is 36.6 Å². The van der Waals surface area contributed by atoms with Crippen LogP contribution in [0.3, 0.4) is 0 Å². The normalized spacial score (nSPS) is 31.5. The van der Waals surface area contributed by atoms with Crippen molar-refractivity contribution in [2.24, 2.45) is 16.3 Å². The zero-order valence-corrected chi connectivity index (χ0v) is 19.8. The van der Waals surface area contributed by atoms with Crippen molar-refractivity contribution in [2.45, 2.75) is 76.7 Å². The van der Waals surface area contributed by atoms with Crippen LogP contribution in [0, 0.1) is 11.3 Å². The predicted molar refractivity (Wildman–Crippen MR) is 119 cm³/mol. The quantitative estimate of drug-likeness (QED) is 0.343. The van der Waals surface area contributed by atoms with Gasteiger partial charge in [0.2, 0.25) is 0 Å². The number of aliphatic imine (C=N–C) groups is 1. The minimum absolute atomic E-state index is 0. The van der Waals surface area contributed by atoms with E-state index in [1.807, 2.05) is 27.8 Å². The first-order chi connectivity index (χ1) is 12.8. The molecule has 0 radical (unpaired) electrons. The molecule has 0 bridgehead atoms. The Morgan fingerprint density at radius 1 is 1.21 bits per heavy atom. The summed E-state index contributed by atoms with van der Waals surface area (Å²) in [6.07, 6.45) is 6.50. The highest BCUT2D eigenvalue weighted by molar-refractivity contribution is 14.0. The van der Waals surface area contributed by atoms with Crippen LogP contribution >= 0.6 is 24.0 Å². The third kappa shape index (κ3) is 3.95. The first-order valence-electron chi connectivity index (χ1n) is 10.4. The van der Waals surface area contributed by atoms with E-state index < -0.39 is 5.60 Å². The van der Waals surface area contributed by atoms with E-state index in [1.54, 1.807) is 4.90 Å². The Balaban J connectivity index is 0.00000225. The minimum Gasteiger partial charge on any atom is -0.444 e. The molecule has 4 rings (SSSR count). The second-order valence-electron chi connectivity index (χ2n) is 9.60. The molecule has 2 heterocycles. The molecule has 3 atom stereocenters. The Morgan fingerprint density at radius 2 is 1.89 bits per heavy atom. The maximum Gasteiger partial charge on any atom is 0.410 e. The van der Waals surface area contributed by atoms with E-state index in [-0.39, 0.29) is 36.1 Å². The fraction of sp³-hybridized carbons (Fsp3) is 0.900. The molecule has 8 heteroatoms. The van der Waals surface area contributed by atoms with Crippen LogP contribution < -0.4 is 10.6 Å². The predicted octanol–water partition coefficient (Wildman–Crippen LogP) is 2.74. The van der Waals surface area contributed by atoms with Crippen molar-refractivity contribution in [1.82, 2.24) is 15.5 Å². The van der Waals surface area contributed by atoms with Gasteiger partial charge in [-0.05, 0) is 40.0 Å². The number of guanidine groups is 1. The average Bonchev–Trinajstić information content (AvgIpc) is 3.19. The van der Waals surface area contributed by atoms with Gasteiger partial charge in [-0.3, -0.25) is 4.99 Å². The van der Waals surface area contributed by atoms with E-state index in [9.17, 15) is 4.79 Å². The summed E-state index contributed by atoms with van der Waals surface area (Å²) in [4.78, 5) is 18.3. The largest absolute Gasteiger partial charge is 0.444 e. The fourth-order valence-electron chi connectivity index (χ4n) is 5.46. The number of likely N-dealkylation sites (tertiary alicyclic amines) is 1. The van der Waals surface area contributed by atoms with Gasteiger partial charge in [0.15, 0.2) is 5.96 Å². The molecule has 2 N–H and O–H groups in total. The Morgan fingerprint density at radius 3 is 2.50 bits per heavy atom. The van der Waals surface area contributed by atoms with Gasteiger partial charge in [-0.25, -0.2) is 4.79 Å². The van der Waals surface area contributed by atoms with Crippen LogP contribution in [0.15, 0.2) is 4.99 Å². The van der Waals surface area contributed by atoms with Gasteiger partial charge in [-0.15, -0.1) is 24.0 Å². The van der Waals surface area contributed by atoms with Crippen molar-refractivity contribution in [3.05, 3.63) is 0 Å². The molecule has 2 aliphatic heterocycles. The molecule has 4 aliphatic rings. The second-order valence-corrected chi connectivity index (χ2v) is 9.60. The Kier molecular flexibility index (Phi) is 6.39. The van der Waals surface area contributed by atoms with Crippen LogP contribution in [-0.4, -0.2) is 67.5 Å². The lowest BCUT2D eigenvalue weighted by Gasteiger charge is -2.57. The molecule has 0 aromatic rings. The summed E-state index contributed by atoms with van der Waals surface area (Å²) < 4.78 is 11.5. The van der Waals surface area contributed by atoms with Crippen molar-refractivity contribution in [3.63, 3.8) is 0 Å². The van der Waals surface area contributed by atoms with E-state index >= 15 is 0 Å². The summed E-state index contributed by atoms with van der Waals surface area (Å²) in [6, 6.07) is 0.680. The number of halogens is 1. The van der Waals surface area contributed by atoms with Crippen LogP contribution in [-0.2, 0) is 9.47 Å². The van der Waals surface area contributed by atoms with E-state index in [2.05, 4.69) is 15.6 Å². The molecule has 4 fully saturated rings. The summed E-state index contributed by atoms with van der Waals surface area (Å²) >= 11 is 0. The zero-order valence-electron chi connectivity index (χ0n) is 17.5. The van der Waals surface area contributed by atoms with Crippen molar-refractivity contribution in [2.75, 3.05) is 26.7 Å². The van der Waals surface area contributed by atoms with Gasteiger partial charge in [0.05, 0.1) is 12.1 Å². The Hall–Kier alpha value is -0.770. The number of fused-ring (bicyclic) bond motifs is 2. The lowest BCUT2D eigenvalue weighted by atomic mass is 9.54. The van der Waals surface area contributed by atoms with Gasteiger partial charge >= 0.3 is 6.09 Å². The monoisotopic (exact) mass is 506 g/mol. The van der Waals surface area contributed by atoms with Crippen LogP contribution in [0.25, 0.3) is 0 Å². The number of ether oxygens (including phenoxy) is 2. The topological polar surface area (TPSA) is 75.2 Å². The number of nitrogens with one attached hydrogen (secondary N) is 2. The first-order valence-corrected chi connectivity index (χ1v) is 10.4. The zero-order chi connectivity index (χ0) is 19.2. The molecule has 28 heavy (non-hydrogen) atoms. The number of rotatable bonds is 2. The van der Waals surface area contributed by atoms with Crippen LogP contribution in [0.1, 0.15) is 52.9 Å². The molecule has 0 aromatic carbocycles. The van der Waals surface area contributed by atoms with Gasteiger partial charge in [-0.1, -0.05) is 12.8 Å². The standard InChI is InChI=1S/C20H34N4O3.HI/c1-19(2,3)27-18(25)24-11-13(12-24)22-17(21-4)23-15-14-7-10-26-16(14)20(15)8-5-6-9-20;/h13-16H,5-12H2,1-4H3,(H2,21,22,23);1H. The second kappa shape index (κ2) is 8.16. The maximum absolute atomic E-state index is 12.1. The lowest BCUT2D eigenvalue weighted by Crippen LogP contribution is -2.71. The van der Waals surface area contributed by atoms with Gasteiger partial charge in [-0.2, -0.15) is 0 Å². The molecule has 7 nitrogen and oxygen atoms in total. The maximum atomic E-state index is 12.1. The molecule has 0 aromatic heterocycles. The molecule has 2 saturated carbocycles. The SMILES string of the molecule is CN=C(NC1CN(C(=O)OC(C)(C)C)C1)NC1C2CCOC2C12CCCC2.I. The Bertz CT molecular complexity index is 609. The number of nitrogens with zero attached hydrogens (tertiary/aromatic N) is 2. The van der Waals surface area contributed by atoms with E-state index in [1.165, 1.54) is 25.7 Å². The summed E-state index contributed by atoms with van der Waals surface area (Å²) in [7, 11) is 1.82. The van der Waals surface area contributed by atoms with Gasteiger partial charge in [0.25, 0.3) is 0 Å². The van der Waals surface area contributed by atoms with Crippen molar-refractivity contribution in [1.29, 1.82) is 0 Å². The molecule has 160 valence electrons. The van der Waals surface area contributed by atoms with Gasteiger partial charge in [0.1, 0.15) is 5.60 Å². The molecule has 2 aliphatic carbocycles. The highest BCUT2D eigenvalue weighted by Gasteiger charge is 2.65. The van der Waals surface area contributed by atoms with Crippen LogP contribution in [0.4, 0.5) is 4.79 Å². The van der Waals surface area contributed by atoms with Crippen molar-refractivity contribution >= 4 is 36.0 Å². The Labute approximate surface area is 185 Å². The smallest absolute Gasteiger partial charge is 0.410 e. The van der Waals surface area contributed by atoms with Gasteiger partial charge in [0, 0.05) is 44.1 Å². The third-order valence-electron chi connectivity index (χ3n) is 6.68. The highest BCUT2D eigenvalue weighted by Crippen LogP contribution is 2.60. The molecular weight excluding hydrogens is 471 g/mol. The van der Waals surface area contributed by atoms with Crippen molar-refractivity contribution < 1.29 is 14.3 Å². The average molecular weight is 506 g/mol. The number of amides is 1. The van der Waals surface area contributed by atoms with E-state index in [4.69, 9.17) is 9.47 Å². The van der Waals surface area contributed by atoms with Crippen LogP contribution in [0.5, 0.6) is 0 Å². The number of hydrogen-bond donors (Lipinski definition) is 2. The summed E-state index contributed by atoms with van der Waals surface area (Å²) in [5.74, 6) is 1.46. The number of carbonyl (C=O) groups is 1. The molecule has 1 amide bonds. The third-order valence-corrected chi connectivity index (χ3v) is 6.68. The lowest BCUT2D eigenvalue weighted by molar-refractivity contribution is -0.125. The molecule has 1 spiro atoms. The molecule has 2 saturated heterocycles. The number of carbonyl (C=O) groups excluding carboxylic acids is 1. The fourth-order valence-corrected chi connectivity index (χ4v) is 5.46. The summed E-state index contributed by atoms with van der Waals surface area (Å²) in [6.45, 7) is 7.88. The summed E-state index contributed by atoms with van der Waals surface area (Å²) in [5.41, 5.74) is -0.145. The highest BCUT2D eigenvalue weighted by atomic mass is 127.